The Hall–Kier alpha value is -2.21. The Balaban J connectivity index is 1.93. The minimum absolute atomic E-state index is 0.0103. The van der Waals surface area contributed by atoms with Gasteiger partial charge in [0.1, 0.15) is 0 Å². The second-order valence-corrected chi connectivity index (χ2v) is 9.00. The maximum atomic E-state index is 13.1. The van der Waals surface area contributed by atoms with Gasteiger partial charge in [-0.2, -0.15) is 17.5 Å². The van der Waals surface area contributed by atoms with E-state index in [1.54, 1.807) is 12.1 Å². The Kier molecular flexibility index (Phi) is 6.13. The van der Waals surface area contributed by atoms with E-state index in [2.05, 4.69) is 16.8 Å². The van der Waals surface area contributed by atoms with Crippen molar-refractivity contribution in [3.05, 3.63) is 64.8 Å². The first kappa shape index (κ1) is 21.5. The molecule has 2 heterocycles. The molecule has 6 nitrogen and oxygen atoms in total. The number of thiophene rings is 1. The lowest BCUT2D eigenvalue weighted by Gasteiger charge is -2.20. The Morgan fingerprint density at radius 1 is 1.28 bits per heavy atom. The second kappa shape index (κ2) is 8.27. The Morgan fingerprint density at radius 2 is 2.03 bits per heavy atom. The third kappa shape index (κ3) is 4.69. The molecular formula is C17H13ClF3N3O3S2. The van der Waals surface area contributed by atoms with Gasteiger partial charge in [0.25, 0.3) is 5.89 Å². The summed E-state index contributed by atoms with van der Waals surface area (Å²) in [7, 11) is -4.33. The van der Waals surface area contributed by atoms with Crippen LogP contribution in [0.2, 0.25) is 5.02 Å². The van der Waals surface area contributed by atoms with Crippen LogP contribution in [-0.2, 0) is 22.7 Å². The number of benzene rings is 1. The molecule has 3 aromatic rings. The lowest BCUT2D eigenvalue weighted by Crippen LogP contribution is -2.31. The maximum absolute atomic E-state index is 13.1. The molecule has 29 heavy (non-hydrogen) atoms. The predicted molar refractivity (Wildman–Crippen MR) is 102 cm³/mol. The average Bonchev–Trinajstić information content (AvgIpc) is 3.32. The van der Waals surface area contributed by atoms with E-state index >= 15 is 0 Å². The van der Waals surface area contributed by atoms with Crippen molar-refractivity contribution in [1.82, 2.24) is 14.5 Å². The zero-order valence-corrected chi connectivity index (χ0v) is 16.9. The number of hydrogen-bond donors (Lipinski definition) is 0. The Bertz CT molecular complexity index is 1110. The highest BCUT2D eigenvalue weighted by Gasteiger charge is 2.35. The van der Waals surface area contributed by atoms with Crippen molar-refractivity contribution in [2.45, 2.75) is 17.6 Å². The SMILES string of the molecule is C=CCN(Cc1nnc(-c2cccs2)o1)S(=O)(=O)c1ccc(Cl)c(C(F)(F)F)c1. The van der Waals surface area contributed by atoms with Gasteiger partial charge in [-0.05, 0) is 29.6 Å². The van der Waals surface area contributed by atoms with Crippen LogP contribution in [0.5, 0.6) is 0 Å². The molecule has 0 saturated carbocycles. The molecule has 0 radical (unpaired) electrons. The van der Waals surface area contributed by atoms with Gasteiger partial charge in [0.05, 0.1) is 26.9 Å². The molecule has 0 spiro atoms. The molecule has 1 aromatic carbocycles. The molecule has 0 saturated heterocycles. The molecule has 0 fully saturated rings. The highest BCUT2D eigenvalue weighted by molar-refractivity contribution is 7.89. The molecule has 0 N–H and O–H groups in total. The van der Waals surface area contributed by atoms with Crippen LogP contribution in [0.1, 0.15) is 11.5 Å². The lowest BCUT2D eigenvalue weighted by molar-refractivity contribution is -0.137. The number of nitrogens with zero attached hydrogens (tertiary/aromatic N) is 3. The summed E-state index contributed by atoms with van der Waals surface area (Å²) in [5.74, 6) is 0.209. The van der Waals surface area contributed by atoms with Gasteiger partial charge in [-0.3, -0.25) is 0 Å². The van der Waals surface area contributed by atoms with E-state index in [0.717, 1.165) is 16.4 Å². The van der Waals surface area contributed by atoms with Crippen molar-refractivity contribution in [1.29, 1.82) is 0 Å². The first-order valence-corrected chi connectivity index (χ1v) is 10.7. The van der Waals surface area contributed by atoms with Crippen molar-refractivity contribution >= 4 is 33.0 Å². The lowest BCUT2D eigenvalue weighted by atomic mass is 10.2. The molecule has 0 aliphatic carbocycles. The van der Waals surface area contributed by atoms with E-state index in [1.165, 1.54) is 17.4 Å². The third-order valence-electron chi connectivity index (χ3n) is 3.72. The van der Waals surface area contributed by atoms with Crippen LogP contribution >= 0.6 is 22.9 Å². The first-order chi connectivity index (χ1) is 13.6. The van der Waals surface area contributed by atoms with E-state index in [-0.39, 0.29) is 24.9 Å². The largest absolute Gasteiger partial charge is 0.418 e. The van der Waals surface area contributed by atoms with E-state index in [1.807, 2.05) is 5.38 Å². The third-order valence-corrected chi connectivity index (χ3v) is 6.72. The number of hydrogen-bond acceptors (Lipinski definition) is 6. The predicted octanol–water partition coefficient (Wildman–Crippen LogP) is 4.85. The zero-order valence-electron chi connectivity index (χ0n) is 14.6. The second-order valence-electron chi connectivity index (χ2n) is 5.70. The molecular weight excluding hydrogens is 451 g/mol. The van der Waals surface area contributed by atoms with E-state index in [9.17, 15) is 21.6 Å². The highest BCUT2D eigenvalue weighted by atomic mass is 35.5. The van der Waals surface area contributed by atoms with Gasteiger partial charge in [0.15, 0.2) is 0 Å². The van der Waals surface area contributed by atoms with Gasteiger partial charge in [0, 0.05) is 6.54 Å². The van der Waals surface area contributed by atoms with E-state index in [4.69, 9.17) is 16.0 Å². The molecule has 154 valence electrons. The smallest absolute Gasteiger partial charge is 0.417 e. The molecule has 0 atom stereocenters. The summed E-state index contributed by atoms with van der Waals surface area (Å²) in [6.07, 6.45) is -3.50. The van der Waals surface area contributed by atoms with Crippen LogP contribution in [0.4, 0.5) is 13.2 Å². The van der Waals surface area contributed by atoms with Gasteiger partial charge in [-0.1, -0.05) is 23.7 Å². The topological polar surface area (TPSA) is 76.3 Å². The summed E-state index contributed by atoms with van der Waals surface area (Å²) in [5.41, 5.74) is -1.24. The van der Waals surface area contributed by atoms with Crippen LogP contribution < -0.4 is 0 Å². The summed E-state index contributed by atoms with van der Waals surface area (Å²) in [6.45, 7) is 2.98. The van der Waals surface area contributed by atoms with Crippen molar-refractivity contribution < 1.29 is 26.0 Å². The first-order valence-electron chi connectivity index (χ1n) is 7.97. The van der Waals surface area contributed by atoms with Crippen molar-refractivity contribution in [3.63, 3.8) is 0 Å². The highest BCUT2D eigenvalue weighted by Crippen LogP contribution is 2.36. The molecule has 2 aromatic heterocycles. The van der Waals surface area contributed by atoms with Gasteiger partial charge in [-0.15, -0.1) is 28.1 Å². The van der Waals surface area contributed by atoms with Crippen LogP contribution in [0, 0.1) is 0 Å². The molecule has 0 aliphatic rings. The number of alkyl halides is 3. The minimum atomic E-state index is -4.80. The van der Waals surface area contributed by atoms with Gasteiger partial charge in [-0.25, -0.2) is 8.42 Å². The van der Waals surface area contributed by atoms with Crippen LogP contribution in [0.3, 0.4) is 0 Å². The maximum Gasteiger partial charge on any atom is 0.417 e. The minimum Gasteiger partial charge on any atom is -0.418 e. The molecule has 3 rings (SSSR count). The van der Waals surface area contributed by atoms with Crippen LogP contribution in [-0.4, -0.2) is 29.5 Å². The van der Waals surface area contributed by atoms with Crippen molar-refractivity contribution in [2.75, 3.05) is 6.54 Å². The van der Waals surface area contributed by atoms with Gasteiger partial charge < -0.3 is 4.42 Å². The molecule has 0 aliphatic heterocycles. The fourth-order valence-corrected chi connectivity index (χ4v) is 4.65. The number of sulfonamides is 1. The zero-order chi connectivity index (χ0) is 21.2. The van der Waals surface area contributed by atoms with Crippen LogP contribution in [0.25, 0.3) is 10.8 Å². The molecule has 0 amide bonds. The monoisotopic (exact) mass is 463 g/mol. The summed E-state index contributed by atoms with van der Waals surface area (Å²) >= 11 is 6.94. The Morgan fingerprint density at radius 3 is 2.66 bits per heavy atom. The van der Waals surface area contributed by atoms with Crippen molar-refractivity contribution in [2.24, 2.45) is 0 Å². The Labute approximate surface area is 173 Å². The number of rotatable bonds is 7. The standard InChI is InChI=1S/C17H13ClF3N3O3S2/c1-2-7-24(10-15-22-23-16(27-15)14-4-3-8-28-14)29(25,26)11-5-6-13(18)12(9-11)17(19,20)21/h2-6,8-9H,1,7,10H2. The molecule has 12 heteroatoms. The molecule has 0 unspecified atom stereocenters. The van der Waals surface area contributed by atoms with Crippen molar-refractivity contribution in [3.8, 4) is 10.8 Å². The molecule has 0 bridgehead atoms. The average molecular weight is 464 g/mol. The van der Waals surface area contributed by atoms with E-state index in [0.29, 0.717) is 10.9 Å². The quantitative estimate of drug-likeness (QED) is 0.468. The van der Waals surface area contributed by atoms with E-state index < -0.39 is 31.7 Å². The summed E-state index contributed by atoms with van der Waals surface area (Å²) in [4.78, 5) is 0.142. The van der Waals surface area contributed by atoms with Gasteiger partial charge >= 0.3 is 6.18 Å². The summed E-state index contributed by atoms with van der Waals surface area (Å²) < 4.78 is 71.6. The fourth-order valence-electron chi connectivity index (χ4n) is 2.39. The fraction of sp³-hybridized carbons (Fsp3) is 0.176. The summed E-state index contributed by atoms with van der Waals surface area (Å²) in [5, 5.41) is 8.90. The van der Waals surface area contributed by atoms with Crippen LogP contribution in [0.15, 0.2) is 57.7 Å². The summed E-state index contributed by atoms with van der Waals surface area (Å²) in [6, 6.07) is 5.95. The number of aromatic nitrogens is 2. The number of halogens is 4. The van der Waals surface area contributed by atoms with Gasteiger partial charge in [0.2, 0.25) is 15.9 Å². The normalized spacial score (nSPS) is 12.4.